The first-order chi connectivity index (χ1) is 11.7. The Balaban J connectivity index is 3.90. The van der Waals surface area contributed by atoms with Crippen LogP contribution >= 0.6 is 7.26 Å². The maximum atomic E-state index is 2.43. The molecule has 0 aromatic rings. The third kappa shape index (κ3) is 13.7. The van der Waals surface area contributed by atoms with Crippen LogP contribution in [-0.4, -0.2) is 24.6 Å². The van der Waals surface area contributed by atoms with Gasteiger partial charge in [-0.1, -0.05) is 0 Å². The zero-order valence-corrected chi connectivity index (χ0v) is 18.9. The van der Waals surface area contributed by atoms with Crippen molar-refractivity contribution in [2.24, 2.45) is 0 Å². The number of rotatable bonds is 19. The average molecular weight is 359 g/mol. The summed E-state index contributed by atoms with van der Waals surface area (Å²) in [7, 11) is -0.928. The fourth-order valence-electron chi connectivity index (χ4n) is 4.37. The third-order valence-corrected chi connectivity index (χ3v) is 11.8. The van der Waals surface area contributed by atoms with E-state index in [0.29, 0.717) is 0 Å². The first kappa shape index (κ1) is 24.4. The van der Waals surface area contributed by atoms with Crippen molar-refractivity contribution in [1.82, 2.24) is 0 Å². The van der Waals surface area contributed by atoms with E-state index in [1.165, 1.54) is 89.9 Å². The Bertz CT molecular complexity index is 228. The second-order valence-electron chi connectivity index (χ2n) is 8.39. The van der Waals surface area contributed by atoms with Gasteiger partial charge in [-0.3, -0.25) is 0 Å². The molecule has 0 aliphatic heterocycles. The molecule has 0 heterocycles. The summed E-state index contributed by atoms with van der Waals surface area (Å²) >= 11 is 0. The maximum absolute atomic E-state index is 2.43. The van der Waals surface area contributed by atoms with Crippen LogP contribution in [0.15, 0.2) is 0 Å². The Morgan fingerprint density at radius 2 is 0.708 bits per heavy atom. The summed E-state index contributed by atoms with van der Waals surface area (Å²) < 4.78 is 0. The van der Waals surface area contributed by atoms with E-state index in [9.17, 15) is 0 Å². The molecule has 0 spiro atoms. The van der Waals surface area contributed by atoms with Crippen molar-refractivity contribution < 1.29 is 0 Å². The van der Waals surface area contributed by atoms with E-state index in [-0.39, 0.29) is 0 Å². The Morgan fingerprint density at radius 1 is 0.333 bits per heavy atom. The quantitative estimate of drug-likeness (QED) is 0.160. The predicted molar refractivity (Wildman–Crippen MR) is 120 cm³/mol. The van der Waals surface area contributed by atoms with E-state index in [4.69, 9.17) is 0 Å². The molecule has 0 aromatic heterocycles. The molecule has 0 rings (SSSR count). The van der Waals surface area contributed by atoms with Crippen LogP contribution in [0.1, 0.15) is 124 Å². The van der Waals surface area contributed by atoms with Gasteiger partial charge in [0.2, 0.25) is 0 Å². The molecule has 0 nitrogen and oxygen atoms in total. The van der Waals surface area contributed by atoms with Gasteiger partial charge in [-0.05, 0) is 0 Å². The van der Waals surface area contributed by atoms with Gasteiger partial charge in [-0.25, -0.2) is 0 Å². The van der Waals surface area contributed by atoms with Gasteiger partial charge < -0.3 is 0 Å². The minimum atomic E-state index is -0.928. The predicted octanol–water partition coefficient (Wildman–Crippen LogP) is 8.67. The second kappa shape index (κ2) is 18.2. The summed E-state index contributed by atoms with van der Waals surface area (Å²) in [6.45, 7) is 9.50. The van der Waals surface area contributed by atoms with Gasteiger partial charge in [0, 0.05) is 0 Å². The summed E-state index contributed by atoms with van der Waals surface area (Å²) in [5.41, 5.74) is 0. The van der Waals surface area contributed by atoms with Crippen molar-refractivity contribution in [3.8, 4) is 0 Å². The molecule has 0 unspecified atom stereocenters. The van der Waals surface area contributed by atoms with Crippen molar-refractivity contribution >= 4 is 7.26 Å². The van der Waals surface area contributed by atoms with Gasteiger partial charge in [0.15, 0.2) is 0 Å². The Morgan fingerprint density at radius 3 is 1.12 bits per heavy atom. The summed E-state index contributed by atoms with van der Waals surface area (Å²) in [4.78, 5) is 0. The van der Waals surface area contributed by atoms with E-state index in [1.54, 1.807) is 31.1 Å². The van der Waals surface area contributed by atoms with Crippen molar-refractivity contribution in [1.29, 1.82) is 0 Å². The molecular formula is C23H51P. The van der Waals surface area contributed by atoms with Crippen LogP contribution in [0.4, 0.5) is 0 Å². The Labute approximate surface area is 156 Å². The fraction of sp³-hybridized carbons (Fsp3) is 1.00. The van der Waals surface area contributed by atoms with Crippen LogP contribution in [0.3, 0.4) is 0 Å². The fourth-order valence-corrected chi connectivity index (χ4v) is 10.1. The second-order valence-corrected chi connectivity index (χ2v) is 13.4. The van der Waals surface area contributed by atoms with E-state index in [1.807, 2.05) is 0 Å². The van der Waals surface area contributed by atoms with E-state index in [2.05, 4.69) is 27.7 Å². The molecule has 0 N–H and O–H groups in total. The van der Waals surface area contributed by atoms with Crippen molar-refractivity contribution in [2.45, 2.75) is 124 Å². The molecular weight excluding hydrogens is 307 g/mol. The van der Waals surface area contributed by atoms with Crippen LogP contribution in [0.2, 0.25) is 0 Å². The van der Waals surface area contributed by atoms with Gasteiger partial charge in [0.1, 0.15) is 0 Å². The molecule has 0 saturated carbocycles. The molecule has 0 atom stereocenters. The summed E-state index contributed by atoms with van der Waals surface area (Å²) in [5.74, 6) is 0. The Hall–Kier alpha value is 0.430. The number of hydrogen-bond acceptors (Lipinski definition) is 0. The monoisotopic (exact) mass is 358 g/mol. The zero-order chi connectivity index (χ0) is 17.9. The van der Waals surface area contributed by atoms with Gasteiger partial charge in [-0.2, -0.15) is 0 Å². The van der Waals surface area contributed by atoms with E-state index in [0.717, 1.165) is 0 Å². The average Bonchev–Trinajstić information content (AvgIpc) is 2.60. The molecule has 0 amide bonds. The van der Waals surface area contributed by atoms with Crippen molar-refractivity contribution in [2.75, 3.05) is 24.6 Å². The van der Waals surface area contributed by atoms with Gasteiger partial charge >= 0.3 is 156 Å². The van der Waals surface area contributed by atoms with Gasteiger partial charge in [0.25, 0.3) is 0 Å². The molecule has 0 aromatic carbocycles. The van der Waals surface area contributed by atoms with E-state index < -0.39 is 7.26 Å². The molecule has 0 aliphatic rings. The van der Waals surface area contributed by atoms with Crippen LogP contribution in [-0.2, 0) is 0 Å². The molecule has 148 valence electrons. The number of unbranched alkanes of at least 4 members (excludes halogenated alkanes) is 11. The van der Waals surface area contributed by atoms with Crippen LogP contribution < -0.4 is 0 Å². The third-order valence-electron chi connectivity index (χ3n) is 5.96. The summed E-state index contributed by atoms with van der Waals surface area (Å²) in [6.07, 6.45) is 28.6. The van der Waals surface area contributed by atoms with Crippen molar-refractivity contribution in [3.63, 3.8) is 0 Å². The van der Waals surface area contributed by atoms with Gasteiger partial charge in [-0.15, -0.1) is 0 Å². The van der Waals surface area contributed by atoms with E-state index >= 15 is 0 Å². The minimum absolute atomic E-state index is 0.928. The zero-order valence-electron chi connectivity index (χ0n) is 17.9. The molecule has 0 radical (unpaired) electrons. The summed E-state index contributed by atoms with van der Waals surface area (Å²) in [6, 6.07) is 0. The van der Waals surface area contributed by atoms with Crippen LogP contribution in [0.5, 0.6) is 0 Å². The normalized spacial score (nSPS) is 12.7. The van der Waals surface area contributed by atoms with Gasteiger partial charge in [0.05, 0.1) is 0 Å². The molecule has 0 bridgehead atoms. The SMILES string of the molecule is CCCCCCCCCCCC[PH](CCC)(CCCC)CCCC. The summed E-state index contributed by atoms with van der Waals surface area (Å²) in [5, 5.41) is 0. The van der Waals surface area contributed by atoms with Crippen LogP contribution in [0.25, 0.3) is 0 Å². The topological polar surface area (TPSA) is 0 Å². The Kier molecular flexibility index (Phi) is 18.6. The first-order valence-corrected chi connectivity index (χ1v) is 14.6. The van der Waals surface area contributed by atoms with Crippen LogP contribution in [0, 0.1) is 0 Å². The number of hydrogen-bond donors (Lipinski definition) is 0. The first-order valence-electron chi connectivity index (χ1n) is 11.7. The standard InChI is InChI=1S/C23H51P/c1-5-9-12-13-14-15-16-17-18-19-23-24(20-8-4,21-10-6-2)22-11-7-3/h24H,5-23H2,1-4H3. The van der Waals surface area contributed by atoms with Crippen molar-refractivity contribution in [3.05, 3.63) is 0 Å². The molecule has 0 aliphatic carbocycles. The molecule has 0 saturated heterocycles. The molecule has 24 heavy (non-hydrogen) atoms. The molecule has 1 heteroatoms. The molecule has 0 fully saturated rings.